The molecule has 2 aliphatic rings. The van der Waals surface area contributed by atoms with E-state index in [0.717, 1.165) is 11.1 Å². The van der Waals surface area contributed by atoms with Gasteiger partial charge >= 0.3 is 0 Å². The van der Waals surface area contributed by atoms with Crippen LogP contribution in [0.5, 0.6) is 17.2 Å². The Balaban J connectivity index is 1.43. The molecule has 1 N–H and O–H groups in total. The van der Waals surface area contributed by atoms with Crippen molar-refractivity contribution in [1.82, 2.24) is 4.90 Å². The van der Waals surface area contributed by atoms with E-state index in [4.69, 9.17) is 14.2 Å². The third kappa shape index (κ3) is 4.84. The Morgan fingerprint density at radius 2 is 1.68 bits per heavy atom. The monoisotopic (exact) mass is 538 g/mol. The first-order valence-corrected chi connectivity index (χ1v) is 13.0. The highest BCUT2D eigenvalue weighted by atomic mass is 19.1. The molecule has 0 saturated heterocycles. The minimum absolute atomic E-state index is 0.192. The van der Waals surface area contributed by atoms with Gasteiger partial charge in [0, 0.05) is 23.9 Å². The molecule has 0 saturated carbocycles. The first-order chi connectivity index (χ1) is 19.5. The summed E-state index contributed by atoms with van der Waals surface area (Å²) >= 11 is 0. The SMILES string of the molecule is COc1ccc([C@@H]2[C@@H](C(=O)Nc3ccc4c(c3)OCCO4)c3ccccc3C(=O)N2Cc2ccc(F)cc2)cc1. The second kappa shape index (κ2) is 10.7. The zero-order valence-electron chi connectivity index (χ0n) is 21.8. The number of ether oxygens (including phenoxy) is 3. The zero-order valence-corrected chi connectivity index (χ0v) is 21.8. The van der Waals surface area contributed by atoms with Crippen LogP contribution in [0.25, 0.3) is 0 Å². The second-order valence-electron chi connectivity index (χ2n) is 9.69. The van der Waals surface area contributed by atoms with Crippen molar-refractivity contribution in [3.05, 3.63) is 119 Å². The van der Waals surface area contributed by atoms with Crippen molar-refractivity contribution in [2.75, 3.05) is 25.6 Å². The Bertz CT molecular complexity index is 1550. The minimum Gasteiger partial charge on any atom is -0.497 e. The summed E-state index contributed by atoms with van der Waals surface area (Å²) in [5, 5.41) is 3.04. The first-order valence-electron chi connectivity index (χ1n) is 13.0. The number of nitrogens with zero attached hydrogens (tertiary/aromatic N) is 1. The van der Waals surface area contributed by atoms with E-state index in [-0.39, 0.29) is 24.2 Å². The van der Waals surface area contributed by atoms with Gasteiger partial charge in [0.2, 0.25) is 5.91 Å². The van der Waals surface area contributed by atoms with Crippen molar-refractivity contribution in [3.8, 4) is 17.2 Å². The molecule has 202 valence electrons. The summed E-state index contributed by atoms with van der Waals surface area (Å²) in [7, 11) is 1.58. The van der Waals surface area contributed by atoms with Crippen LogP contribution in [-0.4, -0.2) is 37.0 Å². The molecule has 0 aromatic heterocycles. The first kappa shape index (κ1) is 25.4. The lowest BCUT2D eigenvalue weighted by Crippen LogP contribution is -2.45. The molecule has 0 bridgehead atoms. The number of rotatable bonds is 6. The number of hydrogen-bond donors (Lipinski definition) is 1. The smallest absolute Gasteiger partial charge is 0.255 e. The Kier molecular flexibility index (Phi) is 6.82. The summed E-state index contributed by atoms with van der Waals surface area (Å²) in [5.74, 6) is 0.269. The van der Waals surface area contributed by atoms with Crippen molar-refractivity contribution in [1.29, 1.82) is 0 Å². The molecule has 0 unspecified atom stereocenters. The number of carbonyl (C=O) groups excluding carboxylic acids is 2. The van der Waals surface area contributed by atoms with E-state index in [0.29, 0.717) is 47.3 Å². The van der Waals surface area contributed by atoms with Crippen LogP contribution in [0.3, 0.4) is 0 Å². The number of methoxy groups -OCH3 is 1. The highest BCUT2D eigenvalue weighted by Gasteiger charge is 2.44. The maximum atomic E-state index is 14.2. The molecular weight excluding hydrogens is 511 g/mol. The molecule has 2 aliphatic heterocycles. The maximum Gasteiger partial charge on any atom is 0.255 e. The molecule has 0 spiro atoms. The number of carbonyl (C=O) groups is 2. The molecule has 4 aromatic rings. The predicted molar refractivity (Wildman–Crippen MR) is 147 cm³/mol. The van der Waals surface area contributed by atoms with Gasteiger partial charge in [0.05, 0.1) is 19.1 Å². The van der Waals surface area contributed by atoms with Crippen molar-refractivity contribution >= 4 is 17.5 Å². The van der Waals surface area contributed by atoms with E-state index in [1.54, 1.807) is 54.5 Å². The van der Waals surface area contributed by atoms with Crippen molar-refractivity contribution in [2.24, 2.45) is 0 Å². The highest BCUT2D eigenvalue weighted by Crippen LogP contribution is 2.44. The average molecular weight is 539 g/mol. The predicted octanol–water partition coefficient (Wildman–Crippen LogP) is 5.73. The fourth-order valence-corrected chi connectivity index (χ4v) is 5.35. The van der Waals surface area contributed by atoms with Gasteiger partial charge in [0.25, 0.3) is 5.91 Å². The van der Waals surface area contributed by atoms with Crippen LogP contribution < -0.4 is 19.5 Å². The molecule has 40 heavy (non-hydrogen) atoms. The lowest BCUT2D eigenvalue weighted by Gasteiger charge is -2.42. The molecule has 2 amide bonds. The minimum atomic E-state index is -0.740. The number of amides is 2. The summed E-state index contributed by atoms with van der Waals surface area (Å²) in [5.41, 5.74) is 3.17. The zero-order chi connectivity index (χ0) is 27.6. The molecule has 8 heteroatoms. The third-order valence-electron chi connectivity index (χ3n) is 7.25. The summed E-state index contributed by atoms with van der Waals surface area (Å²) in [6.07, 6.45) is 0. The van der Waals surface area contributed by atoms with E-state index in [2.05, 4.69) is 5.32 Å². The Labute approximate surface area is 231 Å². The Hall–Kier alpha value is -4.85. The van der Waals surface area contributed by atoms with Gasteiger partial charge in [-0.3, -0.25) is 9.59 Å². The molecule has 0 aliphatic carbocycles. The fraction of sp³-hybridized carbons (Fsp3) is 0.188. The van der Waals surface area contributed by atoms with Crippen molar-refractivity contribution in [2.45, 2.75) is 18.5 Å². The number of anilines is 1. The number of nitrogens with one attached hydrogen (secondary N) is 1. The van der Waals surface area contributed by atoms with Crippen LogP contribution in [0.2, 0.25) is 0 Å². The number of halogens is 1. The summed E-state index contributed by atoms with van der Waals surface area (Å²) < 4.78 is 30.3. The largest absolute Gasteiger partial charge is 0.497 e. The average Bonchev–Trinajstić information content (AvgIpc) is 2.99. The second-order valence-corrected chi connectivity index (χ2v) is 9.69. The van der Waals surface area contributed by atoms with Crippen LogP contribution in [-0.2, 0) is 11.3 Å². The summed E-state index contributed by atoms with van der Waals surface area (Å²) in [6.45, 7) is 1.09. The van der Waals surface area contributed by atoms with Gasteiger partial charge in [-0.2, -0.15) is 0 Å². The standard InChI is InChI=1S/C32H27FN2O5/c1-38-24-13-8-21(9-14-24)30-29(31(36)34-23-12-15-27-28(18-23)40-17-16-39-27)25-4-2-3-5-26(25)32(37)35(30)19-20-6-10-22(33)11-7-20/h2-15,18,29-30H,16-17,19H2,1H3,(H,34,36)/t29-,30+/m0/s1. The quantitative estimate of drug-likeness (QED) is 0.340. The molecule has 4 aromatic carbocycles. The number of benzene rings is 4. The van der Waals surface area contributed by atoms with E-state index in [9.17, 15) is 14.0 Å². The summed E-state index contributed by atoms with van der Waals surface area (Å²) in [6, 6.07) is 25.2. The van der Waals surface area contributed by atoms with Crippen molar-refractivity contribution < 1.29 is 28.2 Å². The van der Waals surface area contributed by atoms with E-state index in [1.165, 1.54) is 12.1 Å². The Morgan fingerprint density at radius 3 is 2.42 bits per heavy atom. The number of hydrogen-bond acceptors (Lipinski definition) is 5. The van der Waals surface area contributed by atoms with Crippen LogP contribution >= 0.6 is 0 Å². The van der Waals surface area contributed by atoms with Gasteiger partial charge in [-0.1, -0.05) is 42.5 Å². The molecule has 2 atom stereocenters. The van der Waals surface area contributed by atoms with Gasteiger partial charge in [-0.15, -0.1) is 0 Å². The third-order valence-corrected chi connectivity index (χ3v) is 7.25. The van der Waals surface area contributed by atoms with E-state index < -0.39 is 12.0 Å². The molecule has 2 heterocycles. The molecule has 0 fully saturated rings. The molecule has 6 rings (SSSR count). The van der Waals surface area contributed by atoms with Gasteiger partial charge in [-0.05, 0) is 59.2 Å². The molecule has 7 nitrogen and oxygen atoms in total. The van der Waals surface area contributed by atoms with E-state index >= 15 is 0 Å². The highest BCUT2D eigenvalue weighted by molar-refractivity contribution is 6.04. The van der Waals surface area contributed by atoms with Crippen LogP contribution in [0.4, 0.5) is 10.1 Å². The lowest BCUT2D eigenvalue weighted by atomic mass is 9.79. The normalized spacial score (nSPS) is 17.6. The molecular formula is C32H27FN2O5. The molecule has 0 radical (unpaired) electrons. The fourth-order valence-electron chi connectivity index (χ4n) is 5.35. The van der Waals surface area contributed by atoms with Gasteiger partial charge < -0.3 is 24.4 Å². The Morgan fingerprint density at radius 1 is 0.950 bits per heavy atom. The van der Waals surface area contributed by atoms with Gasteiger partial charge in [0.1, 0.15) is 24.8 Å². The number of fused-ring (bicyclic) bond motifs is 2. The van der Waals surface area contributed by atoms with Gasteiger partial charge in [-0.25, -0.2) is 4.39 Å². The van der Waals surface area contributed by atoms with Crippen LogP contribution in [0, 0.1) is 5.82 Å². The van der Waals surface area contributed by atoms with Crippen LogP contribution in [0.15, 0.2) is 91.0 Å². The van der Waals surface area contributed by atoms with E-state index in [1.807, 2.05) is 36.4 Å². The summed E-state index contributed by atoms with van der Waals surface area (Å²) in [4.78, 5) is 29.8. The van der Waals surface area contributed by atoms with Crippen LogP contribution in [0.1, 0.15) is 39.0 Å². The van der Waals surface area contributed by atoms with Gasteiger partial charge in [0.15, 0.2) is 11.5 Å². The van der Waals surface area contributed by atoms with Crippen molar-refractivity contribution in [3.63, 3.8) is 0 Å². The maximum absolute atomic E-state index is 14.2. The topological polar surface area (TPSA) is 77.1 Å². The lowest BCUT2D eigenvalue weighted by molar-refractivity contribution is -0.119.